The van der Waals surface area contributed by atoms with E-state index in [4.69, 9.17) is 4.74 Å². The van der Waals surface area contributed by atoms with E-state index in [1.54, 1.807) is 0 Å². The van der Waals surface area contributed by atoms with Crippen LogP contribution < -0.4 is 5.32 Å². The average Bonchev–Trinajstić information content (AvgIpc) is 2.86. The van der Waals surface area contributed by atoms with Gasteiger partial charge in [-0.15, -0.1) is 0 Å². The molecule has 1 aromatic rings. The molecule has 2 heteroatoms. The summed E-state index contributed by atoms with van der Waals surface area (Å²) < 4.78 is 6.01. The largest absolute Gasteiger partial charge is 0.373 e. The fourth-order valence-electron chi connectivity index (χ4n) is 2.91. The Morgan fingerprint density at radius 2 is 1.84 bits per heavy atom. The normalized spacial score (nSPS) is 26.3. The van der Waals surface area contributed by atoms with Crippen LogP contribution in [0.3, 0.4) is 0 Å². The summed E-state index contributed by atoms with van der Waals surface area (Å²) in [6, 6.07) is 9.37. The van der Waals surface area contributed by atoms with Crippen molar-refractivity contribution in [3.8, 4) is 0 Å². The lowest BCUT2D eigenvalue weighted by Crippen LogP contribution is -2.29. The molecule has 0 amide bonds. The number of benzene rings is 1. The van der Waals surface area contributed by atoms with Crippen LogP contribution in [0.15, 0.2) is 24.3 Å². The van der Waals surface area contributed by atoms with Gasteiger partial charge in [-0.2, -0.15) is 0 Å². The number of rotatable bonds is 5. The summed E-state index contributed by atoms with van der Waals surface area (Å²) in [4.78, 5) is 0. The summed E-state index contributed by atoms with van der Waals surface area (Å²) in [6.45, 7) is 6.69. The van der Waals surface area contributed by atoms with E-state index in [9.17, 15) is 0 Å². The molecule has 2 nitrogen and oxygen atoms in total. The Morgan fingerprint density at radius 3 is 2.32 bits per heavy atom. The van der Waals surface area contributed by atoms with Crippen LogP contribution in [0.1, 0.15) is 63.1 Å². The number of likely N-dealkylation sites (N-methyl/N-ethyl adjacent to an activating group) is 1. The van der Waals surface area contributed by atoms with Crippen LogP contribution in [-0.2, 0) is 4.74 Å². The summed E-state index contributed by atoms with van der Waals surface area (Å²) in [5, 5.41) is 3.42. The fourth-order valence-corrected chi connectivity index (χ4v) is 2.91. The monoisotopic (exact) mass is 261 g/mol. The molecule has 1 saturated heterocycles. The molecule has 106 valence electrons. The summed E-state index contributed by atoms with van der Waals surface area (Å²) >= 11 is 0. The molecule has 4 unspecified atom stereocenters. The van der Waals surface area contributed by atoms with E-state index in [0.717, 1.165) is 6.42 Å². The van der Waals surface area contributed by atoms with Gasteiger partial charge in [-0.3, -0.25) is 0 Å². The van der Waals surface area contributed by atoms with E-state index in [2.05, 4.69) is 50.4 Å². The third-order valence-corrected chi connectivity index (χ3v) is 4.42. The lowest BCUT2D eigenvalue weighted by Gasteiger charge is -2.24. The van der Waals surface area contributed by atoms with Crippen LogP contribution in [0.5, 0.6) is 0 Å². The van der Waals surface area contributed by atoms with Gasteiger partial charge in [-0.05, 0) is 50.3 Å². The van der Waals surface area contributed by atoms with Gasteiger partial charge in [0.15, 0.2) is 0 Å². The van der Waals surface area contributed by atoms with Gasteiger partial charge in [0.1, 0.15) is 0 Å². The smallest absolute Gasteiger partial charge is 0.0774 e. The Bertz CT molecular complexity index is 387. The Hall–Kier alpha value is -0.860. The van der Waals surface area contributed by atoms with Crippen LogP contribution in [0.2, 0.25) is 0 Å². The van der Waals surface area contributed by atoms with Crippen molar-refractivity contribution in [1.82, 2.24) is 5.32 Å². The van der Waals surface area contributed by atoms with Crippen molar-refractivity contribution in [2.45, 2.75) is 64.2 Å². The second kappa shape index (κ2) is 6.53. The first-order valence-electron chi connectivity index (χ1n) is 7.58. The van der Waals surface area contributed by atoms with Crippen LogP contribution in [0, 0.1) is 0 Å². The third-order valence-electron chi connectivity index (χ3n) is 4.42. The van der Waals surface area contributed by atoms with E-state index >= 15 is 0 Å². The van der Waals surface area contributed by atoms with Crippen molar-refractivity contribution in [3.05, 3.63) is 35.4 Å². The fraction of sp³-hybridized carbons (Fsp3) is 0.647. The quantitative estimate of drug-likeness (QED) is 0.864. The second-order valence-corrected chi connectivity index (χ2v) is 5.80. The van der Waals surface area contributed by atoms with Gasteiger partial charge >= 0.3 is 0 Å². The highest BCUT2D eigenvalue weighted by atomic mass is 16.5. The lowest BCUT2D eigenvalue weighted by molar-refractivity contribution is 0.0333. The highest BCUT2D eigenvalue weighted by molar-refractivity contribution is 5.28. The van der Waals surface area contributed by atoms with E-state index in [1.807, 2.05) is 7.05 Å². The second-order valence-electron chi connectivity index (χ2n) is 5.80. The van der Waals surface area contributed by atoms with Crippen molar-refractivity contribution in [1.29, 1.82) is 0 Å². The molecule has 1 aliphatic rings. The number of hydrogen-bond acceptors (Lipinski definition) is 2. The molecule has 0 aliphatic carbocycles. The predicted octanol–water partition coefficient (Wildman–Crippen LogP) is 4.03. The summed E-state index contributed by atoms with van der Waals surface area (Å²) in [6.07, 6.45) is 4.24. The maximum Gasteiger partial charge on any atom is 0.0774 e. The maximum atomic E-state index is 6.01. The van der Waals surface area contributed by atoms with Crippen molar-refractivity contribution in [2.75, 3.05) is 7.05 Å². The molecule has 1 N–H and O–H groups in total. The molecule has 1 heterocycles. The van der Waals surface area contributed by atoms with Crippen LogP contribution in [0.25, 0.3) is 0 Å². The summed E-state index contributed by atoms with van der Waals surface area (Å²) in [5.74, 6) is 0.643. The van der Waals surface area contributed by atoms with Crippen molar-refractivity contribution in [3.63, 3.8) is 0 Å². The van der Waals surface area contributed by atoms with Gasteiger partial charge in [0.2, 0.25) is 0 Å². The number of hydrogen-bond donors (Lipinski definition) is 1. The molecular formula is C17H27NO. The van der Waals surface area contributed by atoms with Gasteiger partial charge in [-0.25, -0.2) is 0 Å². The summed E-state index contributed by atoms with van der Waals surface area (Å²) in [7, 11) is 2.03. The lowest BCUT2D eigenvalue weighted by atomic mass is 9.94. The van der Waals surface area contributed by atoms with Gasteiger partial charge < -0.3 is 10.1 Å². The zero-order valence-electron chi connectivity index (χ0n) is 12.6. The molecule has 1 fully saturated rings. The molecular weight excluding hydrogens is 234 g/mol. The zero-order chi connectivity index (χ0) is 13.8. The Balaban J connectivity index is 2.10. The van der Waals surface area contributed by atoms with Crippen LogP contribution in [-0.4, -0.2) is 19.3 Å². The Kier molecular flexibility index (Phi) is 5.00. The maximum absolute atomic E-state index is 6.01. The SMILES string of the molecule is CCC(C)c1ccc(C(NC)C2CCC(C)O2)cc1. The molecule has 1 aromatic carbocycles. The summed E-state index contributed by atoms with van der Waals surface area (Å²) in [5.41, 5.74) is 2.77. The molecule has 0 bridgehead atoms. The average molecular weight is 261 g/mol. The minimum atomic E-state index is 0.314. The minimum Gasteiger partial charge on any atom is -0.373 e. The van der Waals surface area contributed by atoms with Gasteiger partial charge in [-0.1, -0.05) is 38.1 Å². The van der Waals surface area contributed by atoms with Gasteiger partial charge in [0, 0.05) is 0 Å². The Morgan fingerprint density at radius 1 is 1.21 bits per heavy atom. The molecule has 0 spiro atoms. The van der Waals surface area contributed by atoms with Gasteiger partial charge in [0.25, 0.3) is 0 Å². The van der Waals surface area contributed by atoms with Crippen molar-refractivity contribution in [2.24, 2.45) is 0 Å². The molecule has 1 aliphatic heterocycles. The first-order chi connectivity index (χ1) is 9.15. The molecule has 19 heavy (non-hydrogen) atoms. The highest BCUT2D eigenvalue weighted by Gasteiger charge is 2.29. The van der Waals surface area contributed by atoms with Crippen LogP contribution >= 0.6 is 0 Å². The minimum absolute atomic E-state index is 0.314. The number of ether oxygens (including phenoxy) is 1. The van der Waals surface area contributed by atoms with Crippen molar-refractivity contribution < 1.29 is 4.74 Å². The first-order valence-corrected chi connectivity index (χ1v) is 7.58. The molecule has 0 radical (unpaired) electrons. The van der Waals surface area contributed by atoms with Crippen LogP contribution in [0.4, 0.5) is 0 Å². The molecule has 0 saturated carbocycles. The van der Waals surface area contributed by atoms with Gasteiger partial charge in [0.05, 0.1) is 18.2 Å². The third kappa shape index (κ3) is 3.37. The molecule has 0 aromatic heterocycles. The van der Waals surface area contributed by atoms with E-state index in [-0.39, 0.29) is 0 Å². The topological polar surface area (TPSA) is 21.3 Å². The van der Waals surface area contributed by atoms with Crippen molar-refractivity contribution >= 4 is 0 Å². The van der Waals surface area contributed by atoms with E-state index in [1.165, 1.54) is 24.0 Å². The van der Waals surface area contributed by atoms with E-state index in [0.29, 0.717) is 24.2 Å². The Labute approximate surface area is 117 Å². The number of nitrogens with one attached hydrogen (secondary N) is 1. The highest BCUT2D eigenvalue weighted by Crippen LogP contribution is 2.30. The van der Waals surface area contributed by atoms with E-state index < -0.39 is 0 Å². The molecule has 2 rings (SSSR count). The standard InChI is InChI=1S/C17H27NO/c1-5-12(2)14-7-9-15(10-8-14)17(18-4)16-11-6-13(3)19-16/h7-10,12-13,16-18H,5-6,11H2,1-4H3. The zero-order valence-corrected chi connectivity index (χ0v) is 12.6. The first kappa shape index (κ1) is 14.5. The molecule has 4 atom stereocenters. The predicted molar refractivity (Wildman–Crippen MR) is 80.5 cm³/mol.